The number of fused-ring (bicyclic) bond motifs is 1. The number of carbonyl (C=O) groups excluding carboxylic acids is 1. The van der Waals surface area contributed by atoms with Crippen molar-refractivity contribution >= 4 is 22.5 Å². The van der Waals surface area contributed by atoms with Gasteiger partial charge in [0.15, 0.2) is 0 Å². The van der Waals surface area contributed by atoms with Crippen LogP contribution in [0.5, 0.6) is 0 Å². The average molecular weight is 263 g/mol. The van der Waals surface area contributed by atoms with E-state index in [0.717, 1.165) is 16.6 Å². The molecule has 0 aliphatic carbocycles. The third-order valence-corrected chi connectivity index (χ3v) is 3.02. The Bertz CT molecular complexity index is 755. The van der Waals surface area contributed by atoms with Crippen LogP contribution in [-0.2, 0) is 4.79 Å². The predicted octanol–water partition coefficient (Wildman–Crippen LogP) is 2.48. The van der Waals surface area contributed by atoms with E-state index in [0.29, 0.717) is 11.4 Å². The van der Waals surface area contributed by atoms with E-state index in [9.17, 15) is 4.79 Å². The maximum Gasteiger partial charge on any atom is 0.242 e. The average Bonchev–Trinajstić information content (AvgIpc) is 2.89. The van der Waals surface area contributed by atoms with Gasteiger partial charge in [0.2, 0.25) is 5.91 Å². The Morgan fingerprint density at radius 2 is 1.75 bits per heavy atom. The number of amides is 1. The van der Waals surface area contributed by atoms with E-state index in [1.165, 1.54) is 6.08 Å². The number of para-hydroxylation sites is 2. The number of carbonyl (C=O) groups is 1. The quantitative estimate of drug-likeness (QED) is 0.712. The number of nitrogens with two attached hydrogens (primary N) is 1. The number of aromatic nitrogens is 2. The van der Waals surface area contributed by atoms with Crippen LogP contribution in [0.2, 0.25) is 0 Å². The fourth-order valence-electron chi connectivity index (χ4n) is 2.13. The zero-order valence-corrected chi connectivity index (χ0v) is 10.7. The van der Waals surface area contributed by atoms with E-state index in [1.54, 1.807) is 0 Å². The Morgan fingerprint density at radius 1 is 1.05 bits per heavy atom. The number of imidazole rings is 1. The Kier molecular flexibility index (Phi) is 3.05. The maximum atomic E-state index is 11.3. The molecule has 0 radical (unpaired) electrons. The number of aromatic amines is 1. The zero-order valence-electron chi connectivity index (χ0n) is 10.7. The normalized spacial score (nSPS) is 11.7. The van der Waals surface area contributed by atoms with Crippen LogP contribution in [0.4, 0.5) is 0 Å². The first-order valence-corrected chi connectivity index (χ1v) is 6.26. The van der Waals surface area contributed by atoms with Crippen molar-refractivity contribution in [1.82, 2.24) is 9.97 Å². The number of benzene rings is 2. The molecule has 1 amide bonds. The summed E-state index contributed by atoms with van der Waals surface area (Å²) in [5.74, 6) is 0.139. The highest BCUT2D eigenvalue weighted by molar-refractivity contribution is 5.98. The summed E-state index contributed by atoms with van der Waals surface area (Å²) in [4.78, 5) is 19.0. The minimum atomic E-state index is -0.496. The first-order chi connectivity index (χ1) is 9.74. The summed E-state index contributed by atoms with van der Waals surface area (Å²) in [6, 6.07) is 17.3. The summed E-state index contributed by atoms with van der Waals surface area (Å²) in [7, 11) is 0. The Balaban J connectivity index is 2.17. The summed E-state index contributed by atoms with van der Waals surface area (Å²) < 4.78 is 0. The number of primary amides is 1. The third-order valence-electron chi connectivity index (χ3n) is 3.02. The van der Waals surface area contributed by atoms with Crippen molar-refractivity contribution in [3.05, 3.63) is 72.1 Å². The highest BCUT2D eigenvalue weighted by Crippen LogP contribution is 2.23. The molecular formula is C16H13N3O. The molecule has 3 rings (SSSR count). The smallest absolute Gasteiger partial charge is 0.242 e. The Labute approximate surface area is 116 Å². The van der Waals surface area contributed by atoms with Gasteiger partial charge in [0, 0.05) is 11.6 Å². The molecule has 0 unspecified atom stereocenters. The summed E-state index contributed by atoms with van der Waals surface area (Å²) in [5, 5.41) is 0. The molecule has 3 aromatic rings. The largest absolute Gasteiger partial charge is 0.366 e. The van der Waals surface area contributed by atoms with E-state index in [1.807, 2.05) is 54.6 Å². The van der Waals surface area contributed by atoms with Crippen molar-refractivity contribution in [1.29, 1.82) is 0 Å². The topological polar surface area (TPSA) is 71.8 Å². The van der Waals surface area contributed by atoms with Crippen LogP contribution in [0.15, 0.2) is 60.7 Å². The molecule has 0 spiro atoms. The minimum absolute atomic E-state index is 0.496. The molecule has 98 valence electrons. The van der Waals surface area contributed by atoms with Gasteiger partial charge in [-0.1, -0.05) is 42.5 Å². The fourth-order valence-corrected chi connectivity index (χ4v) is 2.13. The highest BCUT2D eigenvalue weighted by atomic mass is 16.1. The fraction of sp³-hybridized carbons (Fsp3) is 0. The Morgan fingerprint density at radius 3 is 2.45 bits per heavy atom. The molecule has 1 heterocycles. The monoisotopic (exact) mass is 263 g/mol. The number of H-pyrrole nitrogens is 1. The number of nitrogens with zero attached hydrogens (tertiary/aromatic N) is 1. The second-order valence-electron chi connectivity index (χ2n) is 4.43. The molecule has 20 heavy (non-hydrogen) atoms. The molecule has 4 nitrogen and oxygen atoms in total. The molecule has 0 fully saturated rings. The van der Waals surface area contributed by atoms with E-state index in [2.05, 4.69) is 9.97 Å². The summed E-state index contributed by atoms with van der Waals surface area (Å²) in [5.41, 5.74) is 8.67. The van der Waals surface area contributed by atoms with Crippen molar-refractivity contribution in [3.63, 3.8) is 0 Å². The zero-order chi connectivity index (χ0) is 13.9. The number of hydrogen-bond donors (Lipinski definition) is 2. The maximum absolute atomic E-state index is 11.3. The lowest BCUT2D eigenvalue weighted by atomic mass is 10.1. The molecule has 0 aliphatic rings. The molecule has 0 saturated carbocycles. The van der Waals surface area contributed by atoms with Crippen molar-refractivity contribution < 1.29 is 4.79 Å². The lowest BCUT2D eigenvalue weighted by molar-refractivity contribution is -0.113. The van der Waals surface area contributed by atoms with Gasteiger partial charge in [-0.05, 0) is 17.7 Å². The summed E-state index contributed by atoms with van der Waals surface area (Å²) in [6.07, 6.45) is 1.40. The van der Waals surface area contributed by atoms with E-state index in [4.69, 9.17) is 5.73 Å². The standard InChI is InChI=1S/C16H13N3O/c17-15(20)10-12(11-6-2-1-3-7-11)16-18-13-8-4-5-9-14(13)19-16/h1-10H,(H2,17,20)(H,18,19). The first kappa shape index (κ1) is 12.2. The molecular weight excluding hydrogens is 250 g/mol. The van der Waals surface area contributed by atoms with Crippen molar-refractivity contribution in [2.24, 2.45) is 5.73 Å². The molecule has 1 aromatic heterocycles. The van der Waals surface area contributed by atoms with Crippen LogP contribution in [0, 0.1) is 0 Å². The summed E-state index contributed by atoms with van der Waals surface area (Å²) >= 11 is 0. The van der Waals surface area contributed by atoms with Crippen LogP contribution < -0.4 is 5.73 Å². The predicted molar refractivity (Wildman–Crippen MR) is 78.8 cm³/mol. The highest BCUT2D eigenvalue weighted by Gasteiger charge is 2.11. The number of nitrogens with one attached hydrogen (secondary N) is 1. The lowest BCUT2D eigenvalue weighted by Crippen LogP contribution is -2.08. The van der Waals surface area contributed by atoms with Gasteiger partial charge < -0.3 is 10.7 Å². The van der Waals surface area contributed by atoms with E-state index >= 15 is 0 Å². The van der Waals surface area contributed by atoms with Gasteiger partial charge in [-0.2, -0.15) is 0 Å². The van der Waals surface area contributed by atoms with Crippen molar-refractivity contribution in [2.75, 3.05) is 0 Å². The number of hydrogen-bond acceptors (Lipinski definition) is 2. The van der Waals surface area contributed by atoms with Gasteiger partial charge in [0.1, 0.15) is 5.82 Å². The molecule has 2 aromatic carbocycles. The van der Waals surface area contributed by atoms with Crippen molar-refractivity contribution in [3.8, 4) is 0 Å². The lowest BCUT2D eigenvalue weighted by Gasteiger charge is -2.03. The molecule has 0 atom stereocenters. The molecule has 3 N–H and O–H groups in total. The van der Waals surface area contributed by atoms with Gasteiger partial charge in [0.25, 0.3) is 0 Å². The van der Waals surface area contributed by atoms with Crippen LogP contribution in [-0.4, -0.2) is 15.9 Å². The van der Waals surface area contributed by atoms with Crippen LogP contribution in [0.3, 0.4) is 0 Å². The molecule has 4 heteroatoms. The van der Waals surface area contributed by atoms with Gasteiger partial charge in [-0.25, -0.2) is 4.98 Å². The number of rotatable bonds is 3. The molecule has 0 saturated heterocycles. The third kappa shape index (κ3) is 2.31. The van der Waals surface area contributed by atoms with Crippen molar-refractivity contribution in [2.45, 2.75) is 0 Å². The van der Waals surface area contributed by atoms with E-state index in [-0.39, 0.29) is 0 Å². The first-order valence-electron chi connectivity index (χ1n) is 6.26. The van der Waals surface area contributed by atoms with Crippen LogP contribution in [0.1, 0.15) is 11.4 Å². The van der Waals surface area contributed by atoms with E-state index < -0.39 is 5.91 Å². The molecule has 0 bridgehead atoms. The molecule has 0 aliphatic heterocycles. The van der Waals surface area contributed by atoms with Gasteiger partial charge >= 0.3 is 0 Å². The van der Waals surface area contributed by atoms with Crippen LogP contribution >= 0.6 is 0 Å². The van der Waals surface area contributed by atoms with Crippen LogP contribution in [0.25, 0.3) is 16.6 Å². The van der Waals surface area contributed by atoms with Gasteiger partial charge in [-0.3, -0.25) is 4.79 Å². The second kappa shape index (κ2) is 5.01. The van der Waals surface area contributed by atoms with Gasteiger partial charge in [-0.15, -0.1) is 0 Å². The minimum Gasteiger partial charge on any atom is -0.366 e. The second-order valence-corrected chi connectivity index (χ2v) is 4.43. The Hall–Kier alpha value is -2.88. The summed E-state index contributed by atoms with van der Waals surface area (Å²) in [6.45, 7) is 0. The van der Waals surface area contributed by atoms with Gasteiger partial charge in [0.05, 0.1) is 11.0 Å². The SMILES string of the molecule is NC(=O)C=C(c1ccccc1)c1nc2ccccc2[nH]1.